The molecule has 1 N–H and O–H groups in total. The molecule has 0 aliphatic heterocycles. The first-order valence-electron chi connectivity index (χ1n) is 9.12. The lowest BCUT2D eigenvalue weighted by atomic mass is 10.1. The molecule has 0 saturated heterocycles. The van der Waals surface area contributed by atoms with Crippen LogP contribution in [-0.4, -0.2) is 37.0 Å². The molecule has 1 atom stereocenters. The second-order valence-electron chi connectivity index (χ2n) is 5.95. The molecule has 0 saturated carbocycles. The molecule has 0 aromatic carbocycles. The molecule has 4 heteroatoms. The summed E-state index contributed by atoms with van der Waals surface area (Å²) in [6.45, 7) is 5.16. The Morgan fingerprint density at radius 2 is 1.50 bits per heavy atom. The van der Waals surface area contributed by atoms with Gasteiger partial charge in [0.1, 0.15) is 6.10 Å². The van der Waals surface area contributed by atoms with Gasteiger partial charge in [0.05, 0.1) is 13.2 Å². The van der Waals surface area contributed by atoms with Crippen LogP contribution in [0.3, 0.4) is 0 Å². The molecule has 0 aromatic heterocycles. The van der Waals surface area contributed by atoms with Gasteiger partial charge in [0.2, 0.25) is 0 Å². The SMILES string of the molecule is CCCCCCCCOCC(CO)OC(=O)CCCCCC. The van der Waals surface area contributed by atoms with E-state index < -0.39 is 6.10 Å². The number of hydrogen-bond acceptors (Lipinski definition) is 4. The van der Waals surface area contributed by atoms with E-state index in [1.807, 2.05) is 0 Å². The summed E-state index contributed by atoms with van der Waals surface area (Å²) < 4.78 is 10.7. The van der Waals surface area contributed by atoms with Crippen LogP contribution in [-0.2, 0) is 14.3 Å². The van der Waals surface area contributed by atoms with Crippen molar-refractivity contribution in [3.05, 3.63) is 0 Å². The van der Waals surface area contributed by atoms with Crippen LogP contribution < -0.4 is 0 Å². The standard InChI is InChI=1S/C18H36O4/c1-3-5-7-9-10-12-14-21-16-17(15-19)22-18(20)13-11-8-6-4-2/h17,19H,3-16H2,1-2H3. The fourth-order valence-corrected chi connectivity index (χ4v) is 2.26. The van der Waals surface area contributed by atoms with Crippen molar-refractivity contribution in [3.8, 4) is 0 Å². The second-order valence-corrected chi connectivity index (χ2v) is 5.95. The van der Waals surface area contributed by atoms with Gasteiger partial charge in [-0.25, -0.2) is 0 Å². The summed E-state index contributed by atoms with van der Waals surface area (Å²) in [7, 11) is 0. The van der Waals surface area contributed by atoms with Gasteiger partial charge in [0.15, 0.2) is 0 Å². The number of carbonyl (C=O) groups is 1. The first-order chi connectivity index (χ1) is 10.7. The molecule has 0 aliphatic rings. The van der Waals surface area contributed by atoms with E-state index in [0.717, 1.165) is 32.1 Å². The molecule has 22 heavy (non-hydrogen) atoms. The van der Waals surface area contributed by atoms with E-state index in [-0.39, 0.29) is 12.6 Å². The third-order valence-corrected chi connectivity index (χ3v) is 3.68. The first kappa shape index (κ1) is 21.4. The predicted octanol–water partition coefficient (Wildman–Crippen LogP) is 4.24. The smallest absolute Gasteiger partial charge is 0.306 e. The topological polar surface area (TPSA) is 55.8 Å². The Labute approximate surface area is 136 Å². The number of aliphatic hydroxyl groups is 1. The van der Waals surface area contributed by atoms with E-state index >= 15 is 0 Å². The van der Waals surface area contributed by atoms with Crippen molar-refractivity contribution < 1.29 is 19.4 Å². The number of aliphatic hydroxyl groups excluding tert-OH is 1. The summed E-state index contributed by atoms with van der Waals surface area (Å²) >= 11 is 0. The zero-order chi connectivity index (χ0) is 16.5. The van der Waals surface area contributed by atoms with Gasteiger partial charge in [-0.1, -0.05) is 65.2 Å². The van der Waals surface area contributed by atoms with Crippen LogP contribution in [0.1, 0.15) is 84.5 Å². The van der Waals surface area contributed by atoms with Gasteiger partial charge in [-0.15, -0.1) is 0 Å². The Bertz CT molecular complexity index is 243. The van der Waals surface area contributed by atoms with Crippen molar-refractivity contribution in [2.24, 2.45) is 0 Å². The van der Waals surface area contributed by atoms with E-state index in [4.69, 9.17) is 9.47 Å². The van der Waals surface area contributed by atoms with E-state index in [1.54, 1.807) is 0 Å². The third kappa shape index (κ3) is 14.3. The van der Waals surface area contributed by atoms with Gasteiger partial charge < -0.3 is 14.6 Å². The number of ether oxygens (including phenoxy) is 2. The number of hydrogen-bond donors (Lipinski definition) is 1. The first-order valence-corrected chi connectivity index (χ1v) is 9.12. The van der Waals surface area contributed by atoms with Gasteiger partial charge in [-0.05, 0) is 12.8 Å². The molecule has 0 spiro atoms. The van der Waals surface area contributed by atoms with Crippen molar-refractivity contribution in [2.75, 3.05) is 19.8 Å². The highest BCUT2D eigenvalue weighted by Crippen LogP contribution is 2.07. The Morgan fingerprint density at radius 3 is 2.14 bits per heavy atom. The molecule has 4 nitrogen and oxygen atoms in total. The summed E-state index contributed by atoms with van der Waals surface area (Å²) in [6.07, 6.45) is 11.5. The van der Waals surface area contributed by atoms with Crippen LogP contribution in [0.4, 0.5) is 0 Å². The summed E-state index contributed by atoms with van der Waals surface area (Å²) in [5.74, 6) is -0.224. The van der Waals surface area contributed by atoms with Gasteiger partial charge in [0, 0.05) is 13.0 Å². The monoisotopic (exact) mass is 316 g/mol. The fraction of sp³-hybridized carbons (Fsp3) is 0.944. The maximum atomic E-state index is 11.6. The fourth-order valence-electron chi connectivity index (χ4n) is 2.26. The highest BCUT2D eigenvalue weighted by atomic mass is 16.6. The largest absolute Gasteiger partial charge is 0.457 e. The highest BCUT2D eigenvalue weighted by molar-refractivity contribution is 5.69. The zero-order valence-electron chi connectivity index (χ0n) is 14.6. The second kappa shape index (κ2) is 16.8. The van der Waals surface area contributed by atoms with Crippen molar-refractivity contribution in [1.82, 2.24) is 0 Å². The minimum absolute atomic E-state index is 0.169. The van der Waals surface area contributed by atoms with Gasteiger partial charge in [-0.2, -0.15) is 0 Å². The van der Waals surface area contributed by atoms with E-state index in [2.05, 4.69) is 13.8 Å². The molecule has 1 unspecified atom stereocenters. The van der Waals surface area contributed by atoms with E-state index in [1.165, 1.54) is 32.1 Å². The van der Waals surface area contributed by atoms with Crippen LogP contribution in [0.2, 0.25) is 0 Å². The highest BCUT2D eigenvalue weighted by Gasteiger charge is 2.13. The Kier molecular flexibility index (Phi) is 16.3. The average molecular weight is 316 g/mol. The minimum Gasteiger partial charge on any atom is -0.457 e. The molecule has 0 rings (SSSR count). The maximum absolute atomic E-state index is 11.6. The maximum Gasteiger partial charge on any atom is 0.306 e. The van der Waals surface area contributed by atoms with E-state index in [0.29, 0.717) is 19.6 Å². The van der Waals surface area contributed by atoms with Crippen LogP contribution in [0.5, 0.6) is 0 Å². The van der Waals surface area contributed by atoms with Crippen molar-refractivity contribution in [3.63, 3.8) is 0 Å². The molecule has 0 amide bonds. The Morgan fingerprint density at radius 1 is 0.909 bits per heavy atom. The molecular weight excluding hydrogens is 280 g/mol. The van der Waals surface area contributed by atoms with Crippen LogP contribution in [0.25, 0.3) is 0 Å². The van der Waals surface area contributed by atoms with Crippen molar-refractivity contribution in [1.29, 1.82) is 0 Å². The van der Waals surface area contributed by atoms with E-state index in [9.17, 15) is 9.90 Å². The van der Waals surface area contributed by atoms with Gasteiger partial charge >= 0.3 is 5.97 Å². The van der Waals surface area contributed by atoms with Crippen LogP contribution >= 0.6 is 0 Å². The third-order valence-electron chi connectivity index (χ3n) is 3.68. The van der Waals surface area contributed by atoms with Gasteiger partial charge in [-0.3, -0.25) is 4.79 Å². The number of esters is 1. The Balaban J connectivity index is 3.51. The molecule has 0 aromatic rings. The molecule has 0 aliphatic carbocycles. The molecular formula is C18H36O4. The summed E-state index contributed by atoms with van der Waals surface area (Å²) in [5.41, 5.74) is 0. The lowest BCUT2D eigenvalue weighted by molar-refractivity contribution is -0.154. The summed E-state index contributed by atoms with van der Waals surface area (Å²) in [5, 5.41) is 9.23. The molecule has 0 radical (unpaired) electrons. The molecule has 132 valence electrons. The number of carbonyl (C=O) groups excluding carboxylic acids is 1. The quantitative estimate of drug-likeness (QED) is 0.342. The minimum atomic E-state index is -0.515. The lowest BCUT2D eigenvalue weighted by Gasteiger charge is -2.15. The van der Waals surface area contributed by atoms with Crippen LogP contribution in [0, 0.1) is 0 Å². The lowest BCUT2D eigenvalue weighted by Crippen LogP contribution is -2.27. The molecule has 0 heterocycles. The van der Waals surface area contributed by atoms with Crippen molar-refractivity contribution in [2.45, 2.75) is 90.6 Å². The Hall–Kier alpha value is -0.610. The predicted molar refractivity (Wildman–Crippen MR) is 89.9 cm³/mol. The number of unbranched alkanes of at least 4 members (excludes halogenated alkanes) is 8. The van der Waals surface area contributed by atoms with Crippen LogP contribution in [0.15, 0.2) is 0 Å². The summed E-state index contributed by atoms with van der Waals surface area (Å²) in [4.78, 5) is 11.6. The summed E-state index contributed by atoms with van der Waals surface area (Å²) in [6, 6.07) is 0. The molecule has 0 fully saturated rings. The molecule has 0 bridgehead atoms. The van der Waals surface area contributed by atoms with Crippen molar-refractivity contribution >= 4 is 5.97 Å². The zero-order valence-corrected chi connectivity index (χ0v) is 14.6. The number of rotatable bonds is 16. The van der Waals surface area contributed by atoms with Gasteiger partial charge in [0.25, 0.3) is 0 Å². The average Bonchev–Trinajstić information content (AvgIpc) is 2.53. The normalized spacial score (nSPS) is 12.3.